The van der Waals surface area contributed by atoms with E-state index in [1.165, 1.54) is 17.9 Å². The summed E-state index contributed by atoms with van der Waals surface area (Å²) in [6, 6.07) is 2.58. The summed E-state index contributed by atoms with van der Waals surface area (Å²) in [5.74, 6) is 4.05. The fourth-order valence-electron chi connectivity index (χ4n) is 2.70. The highest BCUT2D eigenvalue weighted by atomic mass is 32.2. The van der Waals surface area contributed by atoms with E-state index >= 15 is 0 Å². The predicted octanol–water partition coefficient (Wildman–Crippen LogP) is 1.11. The molecule has 0 aliphatic carbocycles. The van der Waals surface area contributed by atoms with Crippen LogP contribution in [0.1, 0.15) is 6.42 Å². The average molecular weight is 280 g/mol. The summed E-state index contributed by atoms with van der Waals surface area (Å²) in [4.78, 5) is 13.6. The second kappa shape index (κ2) is 5.96. The lowest BCUT2D eigenvalue weighted by Crippen LogP contribution is -2.50. The van der Waals surface area contributed by atoms with Crippen LogP contribution in [0.25, 0.3) is 0 Å². The molecule has 2 aliphatic rings. The van der Waals surface area contributed by atoms with E-state index in [1.807, 2.05) is 0 Å². The Labute approximate surface area is 118 Å². The van der Waals surface area contributed by atoms with Crippen molar-refractivity contribution in [1.82, 2.24) is 14.9 Å². The molecule has 5 nitrogen and oxygen atoms in total. The molecule has 0 N–H and O–H groups in total. The summed E-state index contributed by atoms with van der Waals surface area (Å²) in [6.07, 6.45) is 3.11. The Balaban J connectivity index is 1.59. The van der Waals surface area contributed by atoms with Gasteiger partial charge in [-0.1, -0.05) is 0 Å². The quantitative estimate of drug-likeness (QED) is 0.826. The second-order valence-electron chi connectivity index (χ2n) is 4.94. The van der Waals surface area contributed by atoms with Crippen molar-refractivity contribution in [3.63, 3.8) is 0 Å². The maximum absolute atomic E-state index is 5.16. The number of piperazine rings is 1. The van der Waals surface area contributed by atoms with Gasteiger partial charge in [0.25, 0.3) is 0 Å². The molecule has 0 aromatic carbocycles. The minimum Gasteiger partial charge on any atom is -0.481 e. The van der Waals surface area contributed by atoms with Crippen molar-refractivity contribution in [2.75, 3.05) is 49.7 Å². The van der Waals surface area contributed by atoms with Crippen molar-refractivity contribution in [3.05, 3.63) is 12.3 Å². The fourth-order valence-corrected chi connectivity index (χ4v) is 3.95. The van der Waals surface area contributed by atoms with Gasteiger partial charge in [0, 0.05) is 50.2 Å². The maximum Gasteiger partial charge on any atom is 0.228 e. The van der Waals surface area contributed by atoms with Crippen LogP contribution in [0.4, 0.5) is 5.95 Å². The van der Waals surface area contributed by atoms with Crippen LogP contribution in [0.5, 0.6) is 5.88 Å². The summed E-state index contributed by atoms with van der Waals surface area (Å²) in [5, 5.41) is 0. The van der Waals surface area contributed by atoms with Crippen molar-refractivity contribution < 1.29 is 4.74 Å². The number of hydrogen-bond donors (Lipinski definition) is 0. The molecule has 3 rings (SSSR count). The molecule has 0 amide bonds. The summed E-state index contributed by atoms with van der Waals surface area (Å²) in [5.41, 5.74) is 0. The lowest BCUT2D eigenvalue weighted by atomic mass is 10.2. The van der Waals surface area contributed by atoms with Crippen molar-refractivity contribution in [1.29, 1.82) is 0 Å². The minimum absolute atomic E-state index is 0.639. The zero-order valence-corrected chi connectivity index (χ0v) is 12.1. The highest BCUT2D eigenvalue weighted by molar-refractivity contribution is 7.99. The molecule has 104 valence electrons. The van der Waals surface area contributed by atoms with E-state index in [4.69, 9.17) is 4.74 Å². The first kappa shape index (κ1) is 13.0. The minimum atomic E-state index is 0.639. The first-order valence-electron chi connectivity index (χ1n) is 6.80. The number of anilines is 1. The van der Waals surface area contributed by atoms with Gasteiger partial charge in [0.1, 0.15) is 0 Å². The van der Waals surface area contributed by atoms with Gasteiger partial charge in [-0.05, 0) is 12.2 Å². The van der Waals surface area contributed by atoms with E-state index in [9.17, 15) is 0 Å². The number of methoxy groups -OCH3 is 1. The van der Waals surface area contributed by atoms with Gasteiger partial charge in [0.2, 0.25) is 11.8 Å². The van der Waals surface area contributed by atoms with E-state index in [1.54, 1.807) is 19.4 Å². The average Bonchev–Trinajstić information content (AvgIpc) is 3.02. The Bertz CT molecular complexity index is 417. The SMILES string of the molecule is COc1ccnc(N2CCN(C3CCSC3)CC2)n1. The molecule has 1 atom stereocenters. The molecular formula is C13H20N4OS. The molecular weight excluding hydrogens is 260 g/mol. The van der Waals surface area contributed by atoms with Crippen LogP contribution in [0, 0.1) is 0 Å². The van der Waals surface area contributed by atoms with Crippen LogP contribution in [0.2, 0.25) is 0 Å². The van der Waals surface area contributed by atoms with Gasteiger partial charge < -0.3 is 9.64 Å². The van der Waals surface area contributed by atoms with Crippen LogP contribution >= 0.6 is 11.8 Å². The Kier molecular flexibility index (Phi) is 4.08. The zero-order chi connectivity index (χ0) is 13.1. The molecule has 2 fully saturated rings. The van der Waals surface area contributed by atoms with Gasteiger partial charge in [-0.15, -0.1) is 0 Å². The third-order valence-corrected chi connectivity index (χ3v) is 4.99. The Morgan fingerprint density at radius 1 is 1.32 bits per heavy atom. The van der Waals surface area contributed by atoms with Gasteiger partial charge in [-0.25, -0.2) is 4.98 Å². The molecule has 0 radical (unpaired) electrons. The second-order valence-corrected chi connectivity index (χ2v) is 6.09. The normalized spacial score (nSPS) is 24.7. The van der Waals surface area contributed by atoms with Gasteiger partial charge in [0.15, 0.2) is 0 Å². The van der Waals surface area contributed by atoms with Crippen LogP contribution in [0.3, 0.4) is 0 Å². The molecule has 0 bridgehead atoms. The van der Waals surface area contributed by atoms with Crippen molar-refractivity contribution in [2.45, 2.75) is 12.5 Å². The van der Waals surface area contributed by atoms with Gasteiger partial charge in [0.05, 0.1) is 7.11 Å². The molecule has 0 spiro atoms. The Hall–Kier alpha value is -1.01. The number of aromatic nitrogens is 2. The van der Waals surface area contributed by atoms with E-state index in [-0.39, 0.29) is 0 Å². The van der Waals surface area contributed by atoms with Gasteiger partial charge in [-0.3, -0.25) is 4.90 Å². The zero-order valence-electron chi connectivity index (χ0n) is 11.3. The van der Waals surface area contributed by atoms with Crippen molar-refractivity contribution in [2.24, 2.45) is 0 Å². The van der Waals surface area contributed by atoms with Crippen LogP contribution in [-0.2, 0) is 0 Å². The molecule has 2 aliphatic heterocycles. The molecule has 1 aromatic heterocycles. The Morgan fingerprint density at radius 3 is 2.84 bits per heavy atom. The highest BCUT2D eigenvalue weighted by Gasteiger charge is 2.27. The van der Waals surface area contributed by atoms with E-state index < -0.39 is 0 Å². The summed E-state index contributed by atoms with van der Waals surface area (Å²) < 4.78 is 5.16. The lowest BCUT2D eigenvalue weighted by molar-refractivity contribution is 0.200. The van der Waals surface area contributed by atoms with E-state index in [0.29, 0.717) is 5.88 Å². The summed E-state index contributed by atoms with van der Waals surface area (Å²) in [7, 11) is 1.64. The number of rotatable bonds is 3. The topological polar surface area (TPSA) is 41.5 Å². The smallest absolute Gasteiger partial charge is 0.228 e. The molecule has 19 heavy (non-hydrogen) atoms. The Morgan fingerprint density at radius 2 is 2.16 bits per heavy atom. The highest BCUT2D eigenvalue weighted by Crippen LogP contribution is 2.24. The number of thioether (sulfide) groups is 1. The third-order valence-electron chi connectivity index (χ3n) is 3.85. The predicted molar refractivity (Wildman–Crippen MR) is 78.1 cm³/mol. The standard InChI is InChI=1S/C13H20N4OS/c1-18-12-2-4-14-13(15-12)17-7-5-16(6-8-17)11-3-9-19-10-11/h2,4,11H,3,5-10H2,1H3. The molecule has 3 heterocycles. The van der Waals surface area contributed by atoms with Gasteiger partial charge in [-0.2, -0.15) is 16.7 Å². The van der Waals surface area contributed by atoms with E-state index in [0.717, 1.165) is 38.2 Å². The summed E-state index contributed by atoms with van der Waals surface area (Å²) >= 11 is 2.08. The lowest BCUT2D eigenvalue weighted by Gasteiger charge is -2.37. The number of nitrogens with zero attached hydrogens (tertiary/aromatic N) is 4. The number of hydrogen-bond acceptors (Lipinski definition) is 6. The molecule has 1 aromatic rings. The monoisotopic (exact) mass is 280 g/mol. The van der Waals surface area contributed by atoms with Crippen LogP contribution < -0.4 is 9.64 Å². The molecule has 6 heteroatoms. The maximum atomic E-state index is 5.16. The number of ether oxygens (including phenoxy) is 1. The van der Waals surface area contributed by atoms with Gasteiger partial charge >= 0.3 is 0 Å². The first-order chi connectivity index (χ1) is 9.36. The summed E-state index contributed by atoms with van der Waals surface area (Å²) in [6.45, 7) is 4.25. The van der Waals surface area contributed by atoms with Crippen molar-refractivity contribution >= 4 is 17.7 Å². The van der Waals surface area contributed by atoms with Crippen molar-refractivity contribution in [3.8, 4) is 5.88 Å². The van der Waals surface area contributed by atoms with Crippen LogP contribution in [-0.4, -0.2) is 65.7 Å². The largest absolute Gasteiger partial charge is 0.481 e. The molecule has 2 saturated heterocycles. The fraction of sp³-hybridized carbons (Fsp3) is 0.692. The third kappa shape index (κ3) is 2.95. The first-order valence-corrected chi connectivity index (χ1v) is 7.96. The van der Waals surface area contributed by atoms with Crippen LogP contribution in [0.15, 0.2) is 12.3 Å². The molecule has 0 saturated carbocycles. The molecule has 1 unspecified atom stereocenters. The van der Waals surface area contributed by atoms with E-state index in [2.05, 4.69) is 31.5 Å².